The van der Waals surface area contributed by atoms with Gasteiger partial charge < -0.3 is 5.32 Å². The van der Waals surface area contributed by atoms with Gasteiger partial charge in [-0.05, 0) is 43.3 Å². The highest BCUT2D eigenvalue weighted by Crippen LogP contribution is 2.31. The average Bonchev–Trinajstić information content (AvgIpc) is 2.40. The van der Waals surface area contributed by atoms with E-state index in [1.807, 2.05) is 0 Å². The fourth-order valence-electron chi connectivity index (χ4n) is 2.12. The van der Waals surface area contributed by atoms with Crippen molar-refractivity contribution in [2.45, 2.75) is 12.5 Å². The van der Waals surface area contributed by atoms with Crippen LogP contribution in [0.5, 0.6) is 0 Å². The summed E-state index contributed by atoms with van der Waals surface area (Å²) in [4.78, 5) is 0. The lowest BCUT2D eigenvalue weighted by atomic mass is 9.98. The average molecular weight is 316 g/mol. The Labute approximate surface area is 126 Å². The normalized spacial score (nSPS) is 12.4. The number of hydrogen-bond donors (Lipinski definition) is 1. The van der Waals surface area contributed by atoms with Crippen molar-refractivity contribution in [3.05, 3.63) is 69.2 Å². The quantitative estimate of drug-likeness (QED) is 0.856. The summed E-state index contributed by atoms with van der Waals surface area (Å²) in [5, 5.41) is 3.87. The van der Waals surface area contributed by atoms with Crippen molar-refractivity contribution in [3.63, 3.8) is 0 Å². The van der Waals surface area contributed by atoms with E-state index in [0.717, 1.165) is 0 Å². The summed E-state index contributed by atoms with van der Waals surface area (Å²) in [5.74, 6) is -1.18. The number of hydrogen-bond acceptors (Lipinski definition) is 1. The molecule has 2 rings (SSSR count). The first-order valence-electron chi connectivity index (χ1n) is 6.08. The van der Waals surface area contributed by atoms with Crippen LogP contribution >= 0.6 is 23.2 Å². The van der Waals surface area contributed by atoms with E-state index in [4.69, 9.17) is 23.2 Å². The number of benzene rings is 2. The molecule has 0 aliphatic rings. The Morgan fingerprint density at radius 2 is 1.50 bits per heavy atom. The minimum Gasteiger partial charge on any atom is -0.313 e. The Bertz CT molecular complexity index is 576. The lowest BCUT2D eigenvalue weighted by molar-refractivity contribution is 0.489. The molecule has 2 aromatic rings. The molecule has 0 saturated carbocycles. The first kappa shape index (κ1) is 15.2. The Balaban J connectivity index is 2.39. The molecule has 5 heteroatoms. The van der Waals surface area contributed by atoms with Gasteiger partial charge in [0, 0.05) is 21.7 Å². The number of likely N-dealkylation sites (N-methyl/N-ethyl adjacent to an activating group) is 1. The van der Waals surface area contributed by atoms with Gasteiger partial charge in [-0.15, -0.1) is 0 Å². The highest BCUT2D eigenvalue weighted by molar-refractivity contribution is 6.36. The zero-order valence-electron chi connectivity index (χ0n) is 10.8. The van der Waals surface area contributed by atoms with Gasteiger partial charge in [0.25, 0.3) is 0 Å². The second-order valence-electron chi connectivity index (χ2n) is 4.38. The van der Waals surface area contributed by atoms with Gasteiger partial charge >= 0.3 is 0 Å². The maximum absolute atomic E-state index is 13.8. The van der Waals surface area contributed by atoms with Crippen LogP contribution in [0.25, 0.3) is 0 Å². The van der Waals surface area contributed by atoms with Gasteiger partial charge in [0.1, 0.15) is 11.6 Å². The fraction of sp³-hybridized carbons (Fsp3) is 0.200. The third-order valence-electron chi connectivity index (χ3n) is 3.17. The van der Waals surface area contributed by atoms with Crippen LogP contribution in [0.15, 0.2) is 36.4 Å². The molecule has 20 heavy (non-hydrogen) atoms. The Kier molecular flexibility index (Phi) is 4.97. The Morgan fingerprint density at radius 3 is 2.00 bits per heavy atom. The van der Waals surface area contributed by atoms with E-state index in [9.17, 15) is 8.78 Å². The molecule has 0 aromatic heterocycles. The molecule has 106 valence electrons. The fourth-order valence-corrected chi connectivity index (χ4v) is 2.68. The van der Waals surface area contributed by atoms with Crippen molar-refractivity contribution in [3.8, 4) is 0 Å². The minimum atomic E-state index is -0.590. The van der Waals surface area contributed by atoms with Crippen LogP contribution < -0.4 is 5.32 Å². The van der Waals surface area contributed by atoms with Gasteiger partial charge in [-0.2, -0.15) is 0 Å². The van der Waals surface area contributed by atoms with E-state index in [1.54, 1.807) is 25.2 Å². The predicted octanol–water partition coefficient (Wildman–Crippen LogP) is 4.77. The van der Waals surface area contributed by atoms with E-state index in [2.05, 4.69) is 5.32 Å². The molecule has 0 spiro atoms. The van der Waals surface area contributed by atoms with Crippen LogP contribution in [0.4, 0.5) is 8.78 Å². The summed E-state index contributed by atoms with van der Waals surface area (Å²) in [7, 11) is 1.64. The van der Waals surface area contributed by atoms with Crippen molar-refractivity contribution in [2.24, 2.45) is 0 Å². The first-order chi connectivity index (χ1) is 9.54. The zero-order valence-corrected chi connectivity index (χ0v) is 12.3. The molecule has 0 bridgehead atoms. The van der Waals surface area contributed by atoms with E-state index < -0.39 is 17.7 Å². The Morgan fingerprint density at radius 1 is 1.00 bits per heavy atom. The molecule has 0 amide bonds. The van der Waals surface area contributed by atoms with Gasteiger partial charge in [0.15, 0.2) is 0 Å². The SMILES string of the molecule is CNC(Cc1c(Cl)cccc1Cl)c1c(F)cccc1F. The molecule has 0 radical (unpaired) electrons. The van der Waals surface area contributed by atoms with Crippen molar-refractivity contribution in [2.75, 3.05) is 7.05 Å². The lowest BCUT2D eigenvalue weighted by Gasteiger charge is -2.19. The molecule has 1 nitrogen and oxygen atoms in total. The molecule has 0 heterocycles. The Hall–Kier alpha value is -1.16. The standard InChI is InChI=1S/C15H13Cl2F2N/c1-20-14(15-12(18)6-3-7-13(15)19)8-9-10(16)4-2-5-11(9)17/h2-7,14,20H,8H2,1H3. The molecule has 0 fully saturated rings. The van der Waals surface area contributed by atoms with Gasteiger partial charge in [-0.1, -0.05) is 35.3 Å². The first-order valence-corrected chi connectivity index (χ1v) is 6.84. The molecule has 0 saturated heterocycles. The highest BCUT2D eigenvalue weighted by Gasteiger charge is 2.21. The van der Waals surface area contributed by atoms with E-state index >= 15 is 0 Å². The van der Waals surface area contributed by atoms with Crippen LogP contribution in [0, 0.1) is 11.6 Å². The molecular formula is C15H13Cl2F2N. The van der Waals surface area contributed by atoms with E-state index in [-0.39, 0.29) is 5.56 Å². The van der Waals surface area contributed by atoms with Crippen LogP contribution in [-0.4, -0.2) is 7.05 Å². The number of nitrogens with one attached hydrogen (secondary N) is 1. The van der Waals surface area contributed by atoms with E-state index in [0.29, 0.717) is 22.0 Å². The molecule has 1 atom stereocenters. The van der Waals surface area contributed by atoms with Gasteiger partial charge in [0.05, 0.1) is 0 Å². The zero-order chi connectivity index (χ0) is 14.7. The minimum absolute atomic E-state index is 0.00835. The van der Waals surface area contributed by atoms with Crippen molar-refractivity contribution in [1.82, 2.24) is 5.32 Å². The highest BCUT2D eigenvalue weighted by atomic mass is 35.5. The maximum Gasteiger partial charge on any atom is 0.130 e. The summed E-state index contributed by atoms with van der Waals surface area (Å²) in [6.07, 6.45) is 0.298. The second kappa shape index (κ2) is 6.53. The molecule has 2 aromatic carbocycles. The van der Waals surface area contributed by atoms with Crippen molar-refractivity contribution in [1.29, 1.82) is 0 Å². The van der Waals surface area contributed by atoms with Crippen LogP contribution in [-0.2, 0) is 6.42 Å². The lowest BCUT2D eigenvalue weighted by Crippen LogP contribution is -2.21. The number of rotatable bonds is 4. The summed E-state index contributed by atoms with van der Waals surface area (Å²) in [6.45, 7) is 0. The second-order valence-corrected chi connectivity index (χ2v) is 5.20. The summed E-state index contributed by atoms with van der Waals surface area (Å²) >= 11 is 12.2. The largest absolute Gasteiger partial charge is 0.313 e. The smallest absolute Gasteiger partial charge is 0.130 e. The van der Waals surface area contributed by atoms with Gasteiger partial charge in [-0.3, -0.25) is 0 Å². The maximum atomic E-state index is 13.8. The topological polar surface area (TPSA) is 12.0 Å². The number of halogens is 4. The van der Waals surface area contributed by atoms with E-state index in [1.165, 1.54) is 18.2 Å². The molecule has 0 aliphatic heterocycles. The monoisotopic (exact) mass is 315 g/mol. The van der Waals surface area contributed by atoms with Crippen LogP contribution in [0.2, 0.25) is 10.0 Å². The van der Waals surface area contributed by atoms with Crippen molar-refractivity contribution < 1.29 is 8.78 Å². The molecule has 1 unspecified atom stereocenters. The summed E-state index contributed by atoms with van der Waals surface area (Å²) in [6, 6.07) is 8.39. The summed E-state index contributed by atoms with van der Waals surface area (Å²) in [5.41, 5.74) is 0.656. The predicted molar refractivity (Wildman–Crippen MR) is 78.3 cm³/mol. The van der Waals surface area contributed by atoms with Gasteiger partial charge in [0.2, 0.25) is 0 Å². The molecule has 0 aliphatic carbocycles. The summed E-state index contributed by atoms with van der Waals surface area (Å²) < 4.78 is 27.7. The third-order valence-corrected chi connectivity index (χ3v) is 3.87. The molecular weight excluding hydrogens is 303 g/mol. The third kappa shape index (κ3) is 3.11. The van der Waals surface area contributed by atoms with Crippen molar-refractivity contribution >= 4 is 23.2 Å². The van der Waals surface area contributed by atoms with Gasteiger partial charge in [-0.25, -0.2) is 8.78 Å². The van der Waals surface area contributed by atoms with Crippen LogP contribution in [0.3, 0.4) is 0 Å². The van der Waals surface area contributed by atoms with Crippen LogP contribution in [0.1, 0.15) is 17.2 Å². The molecule has 1 N–H and O–H groups in total.